The number of aliphatic hydroxyl groups is 1. The van der Waals surface area contributed by atoms with Crippen molar-refractivity contribution in [1.29, 1.82) is 0 Å². The molecule has 3 rings (SSSR count). The molecule has 0 spiro atoms. The minimum absolute atomic E-state index is 0.135. The number of aliphatic hydroxyl groups excluding tert-OH is 1. The third kappa shape index (κ3) is 4.74. The summed E-state index contributed by atoms with van der Waals surface area (Å²) in [5.41, 5.74) is 1.73. The first-order chi connectivity index (χ1) is 14.0. The van der Waals surface area contributed by atoms with E-state index in [1.165, 1.54) is 7.11 Å². The molecule has 8 heteroatoms. The number of carbonyl (C=O) groups excluding carboxylic acids is 1. The Morgan fingerprint density at radius 1 is 1.07 bits per heavy atom. The summed E-state index contributed by atoms with van der Waals surface area (Å²) in [4.78, 5) is 12.4. The van der Waals surface area contributed by atoms with Gasteiger partial charge < -0.3 is 24.3 Å². The van der Waals surface area contributed by atoms with E-state index in [0.717, 1.165) is 5.56 Å². The summed E-state index contributed by atoms with van der Waals surface area (Å²) in [5.74, 6) is 1.66. The van der Waals surface area contributed by atoms with Crippen LogP contribution in [0.15, 0.2) is 59.0 Å². The van der Waals surface area contributed by atoms with Crippen LogP contribution in [-0.2, 0) is 6.61 Å². The first kappa shape index (κ1) is 20.4. The molecule has 150 valence electrons. The molecule has 0 aliphatic heterocycles. The van der Waals surface area contributed by atoms with E-state index >= 15 is 0 Å². The number of thiocarbonyl (C=S) groups is 1. The number of hydrogen-bond acceptors (Lipinski definition) is 6. The van der Waals surface area contributed by atoms with Crippen LogP contribution in [0, 0.1) is 0 Å². The van der Waals surface area contributed by atoms with Crippen molar-refractivity contribution >= 4 is 28.9 Å². The Morgan fingerprint density at radius 3 is 2.52 bits per heavy atom. The lowest BCUT2D eigenvalue weighted by atomic mass is 10.1. The van der Waals surface area contributed by atoms with Gasteiger partial charge in [-0.15, -0.1) is 0 Å². The lowest BCUT2D eigenvalue weighted by Crippen LogP contribution is -2.34. The number of benzene rings is 2. The number of carbonyl (C=O) groups is 1. The average molecular weight is 412 g/mol. The van der Waals surface area contributed by atoms with Gasteiger partial charge in [0.05, 0.1) is 25.3 Å². The van der Waals surface area contributed by atoms with Crippen LogP contribution in [0.2, 0.25) is 0 Å². The number of anilines is 1. The molecule has 0 saturated carbocycles. The minimum atomic E-state index is -0.379. The van der Waals surface area contributed by atoms with Crippen molar-refractivity contribution in [2.24, 2.45) is 0 Å². The molecule has 3 N–H and O–H groups in total. The summed E-state index contributed by atoms with van der Waals surface area (Å²) in [6.07, 6.45) is 0. The molecule has 0 atom stereocenters. The molecule has 0 aliphatic rings. The van der Waals surface area contributed by atoms with E-state index in [-0.39, 0.29) is 17.6 Å². The molecule has 3 aromatic rings. The third-order valence-corrected chi connectivity index (χ3v) is 4.33. The van der Waals surface area contributed by atoms with Gasteiger partial charge in [-0.2, -0.15) is 0 Å². The zero-order chi connectivity index (χ0) is 20.8. The van der Waals surface area contributed by atoms with Crippen molar-refractivity contribution in [3.63, 3.8) is 0 Å². The highest BCUT2D eigenvalue weighted by molar-refractivity contribution is 7.80. The Kier molecular flexibility index (Phi) is 6.48. The minimum Gasteiger partial charge on any atom is -0.496 e. The van der Waals surface area contributed by atoms with Gasteiger partial charge in [-0.1, -0.05) is 12.1 Å². The van der Waals surface area contributed by atoms with Crippen molar-refractivity contribution in [2.75, 3.05) is 19.5 Å². The highest BCUT2D eigenvalue weighted by Gasteiger charge is 2.14. The van der Waals surface area contributed by atoms with Crippen LogP contribution in [0.5, 0.6) is 11.5 Å². The maximum atomic E-state index is 12.4. The third-order valence-electron chi connectivity index (χ3n) is 4.12. The molecule has 1 aromatic heterocycles. The number of amides is 1. The molecule has 1 amide bonds. The topological polar surface area (TPSA) is 93.0 Å². The normalized spacial score (nSPS) is 10.3. The second-order valence-corrected chi connectivity index (χ2v) is 6.36. The number of methoxy groups -OCH3 is 2. The van der Waals surface area contributed by atoms with Gasteiger partial charge in [0.25, 0.3) is 5.91 Å². The smallest absolute Gasteiger partial charge is 0.261 e. The van der Waals surface area contributed by atoms with Gasteiger partial charge in [-0.05, 0) is 48.6 Å². The predicted molar refractivity (Wildman–Crippen MR) is 113 cm³/mol. The summed E-state index contributed by atoms with van der Waals surface area (Å²) in [5, 5.41) is 14.9. The second kappa shape index (κ2) is 9.22. The number of ether oxygens (including phenoxy) is 2. The lowest BCUT2D eigenvalue weighted by molar-refractivity contribution is 0.0975. The first-order valence-corrected chi connectivity index (χ1v) is 9.10. The summed E-state index contributed by atoms with van der Waals surface area (Å²) < 4.78 is 16.2. The Hall–Kier alpha value is -3.36. The largest absolute Gasteiger partial charge is 0.496 e. The standard InChI is InChI=1S/C21H20N2O5S/c1-26-17-6-4-3-5-16(17)20(25)23-21(29)22-13-7-9-15(19(11-13)27-2)18-10-8-14(12-24)28-18/h3-11,24H,12H2,1-2H3,(H2,22,23,25,29). The highest BCUT2D eigenvalue weighted by Crippen LogP contribution is 2.33. The van der Waals surface area contributed by atoms with Gasteiger partial charge in [0, 0.05) is 11.8 Å². The monoisotopic (exact) mass is 412 g/mol. The van der Waals surface area contributed by atoms with Crippen molar-refractivity contribution in [3.8, 4) is 22.8 Å². The first-order valence-electron chi connectivity index (χ1n) is 8.69. The Morgan fingerprint density at radius 2 is 1.83 bits per heavy atom. The molecule has 0 aliphatic carbocycles. The number of rotatable bonds is 6. The molecule has 1 heterocycles. The van der Waals surface area contributed by atoms with Crippen molar-refractivity contribution in [2.45, 2.75) is 6.61 Å². The average Bonchev–Trinajstić information content (AvgIpc) is 3.22. The van der Waals surface area contributed by atoms with E-state index in [4.69, 9.17) is 31.2 Å². The highest BCUT2D eigenvalue weighted by atomic mass is 32.1. The Bertz CT molecular complexity index is 1030. The number of nitrogens with one attached hydrogen (secondary N) is 2. The van der Waals surface area contributed by atoms with Crippen LogP contribution >= 0.6 is 12.2 Å². The lowest BCUT2D eigenvalue weighted by Gasteiger charge is -2.13. The van der Waals surface area contributed by atoms with Crippen LogP contribution in [0.1, 0.15) is 16.1 Å². The molecular weight excluding hydrogens is 392 g/mol. The van der Waals surface area contributed by atoms with Crippen molar-refractivity contribution in [3.05, 3.63) is 65.9 Å². The summed E-state index contributed by atoms with van der Waals surface area (Å²) >= 11 is 5.25. The molecule has 0 unspecified atom stereocenters. The molecule has 7 nitrogen and oxygen atoms in total. The fraction of sp³-hybridized carbons (Fsp3) is 0.143. The fourth-order valence-electron chi connectivity index (χ4n) is 2.75. The van der Waals surface area contributed by atoms with Crippen LogP contribution in [-0.4, -0.2) is 30.3 Å². The van der Waals surface area contributed by atoms with E-state index in [2.05, 4.69) is 10.6 Å². The number of furan rings is 1. The summed E-state index contributed by atoms with van der Waals surface area (Å²) in [6.45, 7) is -0.178. The Labute approximate surface area is 173 Å². The van der Waals surface area contributed by atoms with E-state index < -0.39 is 0 Å². The maximum absolute atomic E-state index is 12.4. The predicted octanol–water partition coefficient (Wildman–Crippen LogP) is 3.58. The van der Waals surface area contributed by atoms with E-state index in [9.17, 15) is 4.79 Å². The quantitative estimate of drug-likeness (QED) is 0.533. The zero-order valence-corrected chi connectivity index (χ0v) is 16.7. The van der Waals surface area contributed by atoms with Gasteiger partial charge >= 0.3 is 0 Å². The van der Waals surface area contributed by atoms with E-state index in [1.807, 2.05) is 0 Å². The van der Waals surface area contributed by atoms with Crippen LogP contribution in [0.4, 0.5) is 5.69 Å². The van der Waals surface area contributed by atoms with E-state index in [1.54, 1.807) is 61.7 Å². The van der Waals surface area contributed by atoms with Gasteiger partial charge in [-0.25, -0.2) is 0 Å². The molecule has 0 bridgehead atoms. The number of hydrogen-bond donors (Lipinski definition) is 3. The summed E-state index contributed by atoms with van der Waals surface area (Å²) in [6, 6.07) is 15.6. The molecule has 0 saturated heterocycles. The summed E-state index contributed by atoms with van der Waals surface area (Å²) in [7, 11) is 3.04. The molecule has 0 fully saturated rings. The van der Waals surface area contributed by atoms with Crippen molar-refractivity contribution in [1.82, 2.24) is 5.32 Å². The Balaban J connectivity index is 1.72. The van der Waals surface area contributed by atoms with Gasteiger partial charge in [-0.3, -0.25) is 10.1 Å². The second-order valence-electron chi connectivity index (χ2n) is 5.95. The van der Waals surface area contributed by atoms with Crippen LogP contribution in [0.25, 0.3) is 11.3 Å². The van der Waals surface area contributed by atoms with Gasteiger partial charge in [0.15, 0.2) is 5.11 Å². The number of para-hydroxylation sites is 1. The van der Waals surface area contributed by atoms with E-state index in [0.29, 0.717) is 34.3 Å². The molecule has 0 radical (unpaired) electrons. The van der Waals surface area contributed by atoms with Gasteiger partial charge in [0.1, 0.15) is 29.6 Å². The molecular formula is C21H20N2O5S. The van der Waals surface area contributed by atoms with Gasteiger partial charge in [0.2, 0.25) is 0 Å². The fourth-order valence-corrected chi connectivity index (χ4v) is 2.96. The van der Waals surface area contributed by atoms with Crippen LogP contribution < -0.4 is 20.1 Å². The maximum Gasteiger partial charge on any atom is 0.261 e. The zero-order valence-electron chi connectivity index (χ0n) is 15.9. The van der Waals surface area contributed by atoms with Crippen molar-refractivity contribution < 1.29 is 23.8 Å². The van der Waals surface area contributed by atoms with Crippen LogP contribution in [0.3, 0.4) is 0 Å². The molecule has 29 heavy (non-hydrogen) atoms. The SMILES string of the molecule is COc1ccccc1C(=O)NC(=S)Nc1ccc(-c2ccc(CO)o2)c(OC)c1. The molecule has 2 aromatic carbocycles.